The van der Waals surface area contributed by atoms with E-state index in [0.717, 1.165) is 13.1 Å². The van der Waals surface area contributed by atoms with Gasteiger partial charge in [-0.3, -0.25) is 14.5 Å². The first-order valence-corrected chi connectivity index (χ1v) is 7.67. The normalized spacial score (nSPS) is 27.6. The fourth-order valence-corrected chi connectivity index (χ4v) is 3.37. The van der Waals surface area contributed by atoms with Gasteiger partial charge in [0.25, 0.3) is 0 Å². The summed E-state index contributed by atoms with van der Waals surface area (Å²) in [7, 11) is 0. The Labute approximate surface area is 126 Å². The number of piperidine rings is 1. The third-order valence-corrected chi connectivity index (χ3v) is 4.20. The van der Waals surface area contributed by atoms with Crippen LogP contribution in [0.4, 0.5) is 0 Å². The number of aliphatic carboxylic acids is 1. The maximum absolute atomic E-state index is 12.4. The number of nitrogens with zero attached hydrogens (tertiary/aromatic N) is 2. The van der Waals surface area contributed by atoms with Crippen molar-refractivity contribution in [1.29, 1.82) is 0 Å². The molecule has 0 aromatic heterocycles. The van der Waals surface area contributed by atoms with E-state index in [1.54, 1.807) is 4.90 Å². The van der Waals surface area contributed by atoms with Crippen molar-refractivity contribution in [2.24, 2.45) is 5.92 Å². The van der Waals surface area contributed by atoms with Crippen LogP contribution < -0.4 is 0 Å². The summed E-state index contributed by atoms with van der Waals surface area (Å²) in [5.41, 5.74) is -0.228. The molecule has 2 aliphatic heterocycles. The van der Waals surface area contributed by atoms with Crippen LogP contribution in [0.15, 0.2) is 0 Å². The lowest BCUT2D eigenvalue weighted by atomic mass is 9.97. The number of morpholine rings is 1. The first-order valence-electron chi connectivity index (χ1n) is 7.67. The smallest absolute Gasteiger partial charge is 0.306 e. The van der Waals surface area contributed by atoms with Crippen LogP contribution in [0.3, 0.4) is 0 Å². The molecule has 0 bridgehead atoms. The molecule has 0 aliphatic carbocycles. The minimum absolute atomic E-state index is 0.101. The number of hydrogen-bond acceptors (Lipinski definition) is 4. The monoisotopic (exact) mass is 298 g/mol. The first-order chi connectivity index (χ1) is 9.77. The Hall–Kier alpha value is -1.14. The molecule has 0 aromatic carbocycles. The second kappa shape index (κ2) is 6.32. The summed E-state index contributed by atoms with van der Waals surface area (Å²) in [4.78, 5) is 27.2. The van der Waals surface area contributed by atoms with Crippen LogP contribution in [0.5, 0.6) is 0 Å². The Balaban J connectivity index is 1.83. The van der Waals surface area contributed by atoms with Gasteiger partial charge < -0.3 is 14.7 Å². The molecule has 2 heterocycles. The van der Waals surface area contributed by atoms with E-state index in [1.165, 1.54) is 0 Å². The maximum Gasteiger partial charge on any atom is 0.306 e. The lowest BCUT2D eigenvalue weighted by molar-refractivity contribution is -0.150. The summed E-state index contributed by atoms with van der Waals surface area (Å²) < 4.78 is 5.84. The minimum atomic E-state index is -0.745. The van der Waals surface area contributed by atoms with Crippen LogP contribution in [0.25, 0.3) is 0 Å². The number of carboxylic acids is 1. The Bertz CT molecular complexity index is 402. The highest BCUT2D eigenvalue weighted by molar-refractivity contribution is 5.79. The zero-order valence-corrected chi connectivity index (χ0v) is 13.2. The van der Waals surface area contributed by atoms with E-state index in [-0.39, 0.29) is 23.5 Å². The molecule has 0 spiro atoms. The molecule has 1 atom stereocenters. The second-order valence-electron chi connectivity index (χ2n) is 6.85. The van der Waals surface area contributed by atoms with E-state index in [1.807, 2.05) is 20.8 Å². The van der Waals surface area contributed by atoms with E-state index < -0.39 is 5.97 Å². The average Bonchev–Trinajstić information content (AvgIpc) is 2.36. The lowest BCUT2D eigenvalue weighted by Crippen LogP contribution is -2.55. The first kappa shape index (κ1) is 16.2. The van der Waals surface area contributed by atoms with Gasteiger partial charge in [0.2, 0.25) is 5.91 Å². The summed E-state index contributed by atoms with van der Waals surface area (Å²) in [5.74, 6) is -0.939. The quantitative estimate of drug-likeness (QED) is 0.835. The Morgan fingerprint density at radius 2 is 1.90 bits per heavy atom. The molecule has 1 N–H and O–H groups in total. The molecular weight excluding hydrogens is 272 g/mol. The van der Waals surface area contributed by atoms with Gasteiger partial charge in [-0.1, -0.05) is 0 Å². The third-order valence-electron chi connectivity index (χ3n) is 4.20. The standard InChI is InChI=1S/C15H26N2O4/c1-11-8-16(10-15(2,3)21-11)9-13(18)17-6-4-12(5-7-17)14(19)20/h11-12H,4-10H2,1-3H3,(H,19,20). The summed E-state index contributed by atoms with van der Waals surface area (Å²) in [6.45, 7) is 9.12. The van der Waals surface area contributed by atoms with Crippen LogP contribution in [0, 0.1) is 5.92 Å². The molecule has 2 saturated heterocycles. The molecule has 1 unspecified atom stereocenters. The van der Waals surface area contributed by atoms with Crippen LogP contribution in [0.1, 0.15) is 33.6 Å². The SMILES string of the molecule is CC1CN(CC(=O)N2CCC(C(=O)O)CC2)CC(C)(C)O1. The summed E-state index contributed by atoms with van der Waals surface area (Å²) in [6.07, 6.45) is 1.25. The fourth-order valence-electron chi connectivity index (χ4n) is 3.37. The van der Waals surface area contributed by atoms with Crippen molar-refractivity contribution in [2.75, 3.05) is 32.7 Å². The van der Waals surface area contributed by atoms with E-state index in [2.05, 4.69) is 4.90 Å². The van der Waals surface area contributed by atoms with E-state index in [4.69, 9.17) is 9.84 Å². The van der Waals surface area contributed by atoms with E-state index in [0.29, 0.717) is 32.5 Å². The number of hydrogen-bond donors (Lipinski definition) is 1. The molecular formula is C15H26N2O4. The van der Waals surface area contributed by atoms with Crippen molar-refractivity contribution >= 4 is 11.9 Å². The molecule has 0 aromatic rings. The third kappa shape index (κ3) is 4.41. The predicted molar refractivity (Wildman–Crippen MR) is 78.0 cm³/mol. The van der Waals surface area contributed by atoms with Gasteiger partial charge in [-0.25, -0.2) is 0 Å². The Morgan fingerprint density at radius 1 is 1.29 bits per heavy atom. The predicted octanol–water partition coefficient (Wildman–Crippen LogP) is 0.809. The van der Waals surface area contributed by atoms with E-state index >= 15 is 0 Å². The van der Waals surface area contributed by atoms with E-state index in [9.17, 15) is 9.59 Å². The molecule has 120 valence electrons. The molecule has 0 saturated carbocycles. The summed E-state index contributed by atoms with van der Waals surface area (Å²) in [6, 6.07) is 0. The molecule has 2 fully saturated rings. The zero-order valence-electron chi connectivity index (χ0n) is 13.2. The van der Waals surface area contributed by atoms with Crippen LogP contribution in [0.2, 0.25) is 0 Å². The largest absolute Gasteiger partial charge is 0.481 e. The Morgan fingerprint density at radius 3 is 2.43 bits per heavy atom. The highest BCUT2D eigenvalue weighted by Gasteiger charge is 2.33. The zero-order chi connectivity index (χ0) is 15.6. The fraction of sp³-hybridized carbons (Fsp3) is 0.867. The van der Waals surface area contributed by atoms with Crippen molar-refractivity contribution in [3.63, 3.8) is 0 Å². The molecule has 6 heteroatoms. The van der Waals surface area contributed by atoms with Crippen LogP contribution in [-0.4, -0.2) is 71.2 Å². The molecule has 1 amide bonds. The van der Waals surface area contributed by atoms with Gasteiger partial charge in [0.05, 0.1) is 24.2 Å². The highest BCUT2D eigenvalue weighted by Crippen LogP contribution is 2.21. The number of carboxylic acid groups (broad SMARTS) is 1. The summed E-state index contributed by atoms with van der Waals surface area (Å²) in [5, 5.41) is 8.99. The van der Waals surface area contributed by atoms with Crippen molar-refractivity contribution in [2.45, 2.75) is 45.3 Å². The number of carbonyl (C=O) groups is 2. The molecule has 6 nitrogen and oxygen atoms in total. The van der Waals surface area contributed by atoms with Crippen LogP contribution >= 0.6 is 0 Å². The van der Waals surface area contributed by atoms with Gasteiger partial charge >= 0.3 is 5.97 Å². The van der Waals surface area contributed by atoms with Crippen molar-refractivity contribution in [1.82, 2.24) is 9.80 Å². The van der Waals surface area contributed by atoms with Gasteiger partial charge in [-0.05, 0) is 33.6 Å². The molecule has 21 heavy (non-hydrogen) atoms. The van der Waals surface area contributed by atoms with Gasteiger partial charge in [0.1, 0.15) is 0 Å². The van der Waals surface area contributed by atoms with Gasteiger partial charge in [-0.15, -0.1) is 0 Å². The topological polar surface area (TPSA) is 70.1 Å². The number of rotatable bonds is 3. The lowest BCUT2D eigenvalue weighted by Gasteiger charge is -2.42. The average molecular weight is 298 g/mol. The van der Waals surface area contributed by atoms with Crippen LogP contribution in [-0.2, 0) is 14.3 Å². The van der Waals surface area contributed by atoms with Gasteiger partial charge in [0.15, 0.2) is 0 Å². The van der Waals surface area contributed by atoms with Crippen molar-refractivity contribution in [3.05, 3.63) is 0 Å². The number of amides is 1. The number of carbonyl (C=O) groups excluding carboxylic acids is 1. The second-order valence-corrected chi connectivity index (χ2v) is 6.85. The minimum Gasteiger partial charge on any atom is -0.481 e. The van der Waals surface area contributed by atoms with Gasteiger partial charge in [0, 0.05) is 26.2 Å². The Kier molecular flexibility index (Phi) is 4.88. The highest BCUT2D eigenvalue weighted by atomic mass is 16.5. The number of ether oxygens (including phenoxy) is 1. The maximum atomic E-state index is 12.4. The van der Waals surface area contributed by atoms with Crippen molar-refractivity contribution in [3.8, 4) is 0 Å². The molecule has 0 radical (unpaired) electrons. The molecule has 2 aliphatic rings. The summed E-state index contributed by atoms with van der Waals surface area (Å²) >= 11 is 0. The molecule has 2 rings (SSSR count). The van der Waals surface area contributed by atoms with Gasteiger partial charge in [-0.2, -0.15) is 0 Å². The number of likely N-dealkylation sites (tertiary alicyclic amines) is 1. The van der Waals surface area contributed by atoms with Crippen molar-refractivity contribution < 1.29 is 19.4 Å².